The SMILES string of the molecule is CC(=O)N1CC[N+]([O-])(c2ccc(OC[C@H]3CO[C@](Cn4ccnc4)(c4ccc(Cl)cc4Cl)O3)cc2)CC1. The number of carbonyl (C=O) groups excluding carboxylic acids is 1. The van der Waals surface area contributed by atoms with E-state index in [1.54, 1.807) is 53.8 Å². The maximum Gasteiger partial charge on any atom is 0.219 e. The van der Waals surface area contributed by atoms with Gasteiger partial charge >= 0.3 is 0 Å². The van der Waals surface area contributed by atoms with Crippen molar-refractivity contribution in [2.75, 3.05) is 39.4 Å². The van der Waals surface area contributed by atoms with Crippen LogP contribution in [0.2, 0.25) is 10.0 Å². The zero-order chi connectivity index (χ0) is 26.0. The number of imidazole rings is 1. The van der Waals surface area contributed by atoms with Gasteiger partial charge in [0.05, 0.1) is 37.6 Å². The molecule has 2 aromatic carbocycles. The van der Waals surface area contributed by atoms with Gasteiger partial charge < -0.3 is 33.5 Å². The summed E-state index contributed by atoms with van der Waals surface area (Å²) in [4.78, 5) is 17.4. The van der Waals surface area contributed by atoms with E-state index < -0.39 is 10.4 Å². The van der Waals surface area contributed by atoms with Crippen LogP contribution in [0, 0.1) is 5.21 Å². The molecule has 2 atom stereocenters. The van der Waals surface area contributed by atoms with E-state index in [0.717, 1.165) is 0 Å². The number of aromatic nitrogens is 2. The summed E-state index contributed by atoms with van der Waals surface area (Å²) in [5.41, 5.74) is 1.32. The van der Waals surface area contributed by atoms with Crippen molar-refractivity contribution >= 4 is 34.8 Å². The predicted molar refractivity (Wildman–Crippen MR) is 140 cm³/mol. The first kappa shape index (κ1) is 26.0. The number of hydrogen-bond donors (Lipinski definition) is 0. The molecule has 0 unspecified atom stereocenters. The topological polar surface area (TPSA) is 88.9 Å². The van der Waals surface area contributed by atoms with Gasteiger partial charge in [-0.25, -0.2) is 4.98 Å². The van der Waals surface area contributed by atoms with Gasteiger partial charge in [0.1, 0.15) is 37.2 Å². The summed E-state index contributed by atoms with van der Waals surface area (Å²) in [5, 5.41) is 14.2. The summed E-state index contributed by atoms with van der Waals surface area (Å²) in [5.74, 6) is -0.500. The Morgan fingerprint density at radius 3 is 2.62 bits per heavy atom. The maximum absolute atomic E-state index is 13.3. The lowest BCUT2D eigenvalue weighted by atomic mass is 10.1. The molecule has 2 fully saturated rings. The van der Waals surface area contributed by atoms with Crippen LogP contribution < -0.4 is 9.38 Å². The molecule has 0 N–H and O–H groups in total. The number of amides is 1. The predicted octanol–water partition coefficient (Wildman–Crippen LogP) is 4.20. The van der Waals surface area contributed by atoms with Crippen LogP contribution in [0.5, 0.6) is 5.75 Å². The molecule has 3 aromatic rings. The van der Waals surface area contributed by atoms with E-state index in [2.05, 4.69) is 4.98 Å². The number of quaternary nitrogens is 1. The van der Waals surface area contributed by atoms with Crippen molar-refractivity contribution in [1.82, 2.24) is 19.1 Å². The van der Waals surface area contributed by atoms with Crippen LogP contribution in [0.15, 0.2) is 61.2 Å². The van der Waals surface area contributed by atoms with Gasteiger partial charge in [0, 0.05) is 42.0 Å². The fourth-order valence-electron chi connectivity index (χ4n) is 4.74. The van der Waals surface area contributed by atoms with Crippen molar-refractivity contribution in [3.63, 3.8) is 0 Å². The van der Waals surface area contributed by atoms with E-state index >= 15 is 0 Å². The quantitative estimate of drug-likeness (QED) is 0.326. The molecule has 0 radical (unpaired) electrons. The summed E-state index contributed by atoms with van der Waals surface area (Å²) >= 11 is 12.6. The Bertz CT molecular complexity index is 1230. The summed E-state index contributed by atoms with van der Waals surface area (Å²) in [6, 6.07) is 12.4. The van der Waals surface area contributed by atoms with Crippen LogP contribution in [0.25, 0.3) is 0 Å². The molecule has 2 aliphatic rings. The molecular weight excluding hydrogens is 519 g/mol. The standard InChI is InChI=1S/C26H28Cl2N4O5/c1-19(33)31-10-12-32(34,13-11-31)21-3-5-22(6-4-21)35-15-23-16-36-26(37-23,17-30-9-8-29-18-30)24-7-2-20(27)14-25(24)28/h2-9,14,18,23H,10-13,15-17H2,1H3/t23-,26-/m0/s1. The summed E-state index contributed by atoms with van der Waals surface area (Å²) in [6.07, 6.45) is 4.85. The second-order valence-corrected chi connectivity index (χ2v) is 10.2. The number of benzene rings is 2. The van der Waals surface area contributed by atoms with Crippen LogP contribution >= 0.6 is 23.2 Å². The van der Waals surface area contributed by atoms with Gasteiger partial charge in [0.25, 0.3) is 0 Å². The maximum atomic E-state index is 13.3. The second kappa shape index (κ2) is 10.6. The van der Waals surface area contributed by atoms with Gasteiger partial charge in [-0.15, -0.1) is 0 Å². The number of rotatable bonds is 7. The number of nitrogens with zero attached hydrogens (tertiary/aromatic N) is 4. The van der Waals surface area contributed by atoms with Crippen molar-refractivity contribution in [2.24, 2.45) is 0 Å². The van der Waals surface area contributed by atoms with Crippen LogP contribution in [-0.2, 0) is 26.6 Å². The van der Waals surface area contributed by atoms with Gasteiger partial charge in [-0.1, -0.05) is 29.3 Å². The van der Waals surface area contributed by atoms with Gasteiger partial charge in [-0.2, -0.15) is 0 Å². The Hall–Kier alpha value is -2.66. The first-order chi connectivity index (χ1) is 17.8. The highest BCUT2D eigenvalue weighted by Crippen LogP contribution is 2.40. The molecule has 0 saturated carbocycles. The van der Waals surface area contributed by atoms with Crippen LogP contribution in [0.3, 0.4) is 0 Å². The molecule has 196 valence electrons. The number of ether oxygens (including phenoxy) is 3. The van der Waals surface area contributed by atoms with Gasteiger partial charge in [0.15, 0.2) is 0 Å². The average Bonchev–Trinajstić information content (AvgIpc) is 3.54. The van der Waals surface area contributed by atoms with Crippen molar-refractivity contribution in [2.45, 2.75) is 25.4 Å². The molecule has 0 spiro atoms. The molecule has 11 heteroatoms. The molecule has 3 heterocycles. The van der Waals surface area contributed by atoms with Crippen LogP contribution in [0.4, 0.5) is 5.69 Å². The third-order valence-electron chi connectivity index (χ3n) is 6.80. The van der Waals surface area contributed by atoms with E-state index in [9.17, 15) is 10.0 Å². The smallest absolute Gasteiger partial charge is 0.219 e. The highest BCUT2D eigenvalue weighted by molar-refractivity contribution is 6.35. The third-order valence-corrected chi connectivity index (χ3v) is 7.35. The van der Waals surface area contributed by atoms with Crippen LogP contribution in [0.1, 0.15) is 12.5 Å². The van der Waals surface area contributed by atoms with Crippen LogP contribution in [-0.4, -0.2) is 65.9 Å². The molecule has 1 aromatic heterocycles. The van der Waals surface area contributed by atoms with Crippen molar-refractivity contribution in [3.05, 3.63) is 82.0 Å². The molecule has 9 nitrogen and oxygen atoms in total. The Morgan fingerprint density at radius 2 is 1.97 bits per heavy atom. The van der Waals surface area contributed by atoms with E-state index in [1.807, 2.05) is 16.8 Å². The fraction of sp³-hybridized carbons (Fsp3) is 0.385. The number of halogens is 2. The molecule has 0 aliphatic carbocycles. The van der Waals surface area contributed by atoms with Gasteiger partial charge in [-0.05, 0) is 24.3 Å². The van der Waals surface area contributed by atoms with E-state index in [1.165, 1.54) is 6.92 Å². The first-order valence-corrected chi connectivity index (χ1v) is 12.8. The van der Waals surface area contributed by atoms with Gasteiger partial charge in [0.2, 0.25) is 11.7 Å². The molecule has 0 bridgehead atoms. The molecule has 5 rings (SSSR count). The lowest BCUT2D eigenvalue weighted by molar-refractivity contribution is -0.189. The highest BCUT2D eigenvalue weighted by atomic mass is 35.5. The van der Waals surface area contributed by atoms with Crippen molar-refractivity contribution in [3.8, 4) is 5.75 Å². The first-order valence-electron chi connectivity index (χ1n) is 12.1. The molecule has 2 saturated heterocycles. The average molecular weight is 547 g/mol. The van der Waals surface area contributed by atoms with E-state index in [0.29, 0.717) is 66.4 Å². The Labute approximate surface area is 225 Å². The second-order valence-electron chi connectivity index (χ2n) is 9.31. The number of hydrogen-bond acceptors (Lipinski definition) is 6. The Balaban J connectivity index is 1.24. The zero-order valence-electron chi connectivity index (χ0n) is 20.4. The third kappa shape index (κ3) is 5.62. The molecular formula is C26H28Cl2N4O5. The largest absolute Gasteiger partial charge is 0.627 e. The number of piperazine rings is 1. The van der Waals surface area contributed by atoms with E-state index in [4.69, 9.17) is 37.4 Å². The molecule has 1 amide bonds. The Morgan fingerprint density at radius 1 is 1.22 bits per heavy atom. The van der Waals surface area contributed by atoms with Crippen molar-refractivity contribution in [1.29, 1.82) is 0 Å². The summed E-state index contributed by atoms with van der Waals surface area (Å²) in [7, 11) is 0. The minimum Gasteiger partial charge on any atom is -0.627 e. The lowest BCUT2D eigenvalue weighted by Crippen LogP contribution is -2.57. The van der Waals surface area contributed by atoms with Crippen molar-refractivity contribution < 1.29 is 19.0 Å². The fourth-order valence-corrected chi connectivity index (χ4v) is 5.29. The lowest BCUT2D eigenvalue weighted by Gasteiger charge is -2.47. The summed E-state index contributed by atoms with van der Waals surface area (Å²) < 4.78 is 20.0. The normalized spacial score (nSPS) is 23.2. The minimum atomic E-state index is -1.12. The Kier molecular flexibility index (Phi) is 7.44. The van der Waals surface area contributed by atoms with E-state index in [-0.39, 0.29) is 18.6 Å². The molecule has 37 heavy (non-hydrogen) atoms. The zero-order valence-corrected chi connectivity index (χ0v) is 21.9. The van der Waals surface area contributed by atoms with Gasteiger partial charge in [-0.3, -0.25) is 4.79 Å². The highest BCUT2D eigenvalue weighted by Gasteiger charge is 2.45. The minimum absolute atomic E-state index is 0.000452. The number of hydroxylamine groups is 2. The molecule has 2 aliphatic heterocycles. The summed E-state index contributed by atoms with van der Waals surface area (Å²) in [6.45, 7) is 4.01. The monoisotopic (exact) mass is 546 g/mol. The number of carbonyl (C=O) groups is 1.